The fourth-order valence-electron chi connectivity index (χ4n) is 3.24. The number of nitrogens with zero attached hydrogens (tertiary/aromatic N) is 1. The molecule has 4 rings (SSSR count). The molecule has 2 N–H and O–H groups in total. The van der Waals surface area contributed by atoms with Gasteiger partial charge in [0.05, 0.1) is 17.7 Å². The lowest BCUT2D eigenvalue weighted by Gasteiger charge is -2.08. The molecule has 0 aliphatic heterocycles. The first-order valence-corrected chi connectivity index (χ1v) is 10.8. The number of fused-ring (bicyclic) bond motifs is 2. The topological polar surface area (TPSA) is 87.6 Å². The van der Waals surface area contributed by atoms with E-state index in [1.165, 1.54) is 12.1 Å². The van der Waals surface area contributed by atoms with E-state index in [9.17, 15) is 13.2 Å². The van der Waals surface area contributed by atoms with E-state index in [0.29, 0.717) is 0 Å². The molecule has 4 aromatic carbocycles. The van der Waals surface area contributed by atoms with Gasteiger partial charge < -0.3 is 0 Å². The van der Waals surface area contributed by atoms with Crippen LogP contribution >= 0.6 is 0 Å². The van der Waals surface area contributed by atoms with Crippen LogP contribution in [-0.4, -0.2) is 27.1 Å². The van der Waals surface area contributed by atoms with Crippen molar-refractivity contribution in [3.63, 3.8) is 0 Å². The summed E-state index contributed by atoms with van der Waals surface area (Å²) in [5.41, 5.74) is 3.27. The zero-order valence-corrected chi connectivity index (χ0v) is 16.8. The van der Waals surface area contributed by atoms with Crippen molar-refractivity contribution in [3.8, 4) is 0 Å². The third-order valence-electron chi connectivity index (χ3n) is 4.67. The largest absolute Gasteiger partial charge is 0.272 e. The molecule has 30 heavy (non-hydrogen) atoms. The van der Waals surface area contributed by atoms with Crippen LogP contribution in [0.4, 0.5) is 0 Å². The third kappa shape index (κ3) is 4.22. The molecule has 0 atom stereocenters. The van der Waals surface area contributed by atoms with Crippen molar-refractivity contribution >= 4 is 43.7 Å². The van der Waals surface area contributed by atoms with E-state index in [2.05, 4.69) is 21.3 Å². The number of nitrogens with one attached hydrogen (secondary N) is 2. The summed E-state index contributed by atoms with van der Waals surface area (Å²) in [6.45, 7) is -0.412. The maximum Gasteiger partial charge on any atom is 0.255 e. The van der Waals surface area contributed by atoms with Crippen LogP contribution in [0.2, 0.25) is 0 Å². The molecule has 0 saturated carbocycles. The monoisotopic (exact) mass is 417 g/mol. The van der Waals surface area contributed by atoms with E-state index in [4.69, 9.17) is 0 Å². The molecule has 0 saturated heterocycles. The van der Waals surface area contributed by atoms with E-state index in [1.807, 2.05) is 48.5 Å². The summed E-state index contributed by atoms with van der Waals surface area (Å²) in [6, 6.07) is 25.9. The van der Waals surface area contributed by atoms with Gasteiger partial charge in [-0.25, -0.2) is 18.6 Å². The van der Waals surface area contributed by atoms with Crippen LogP contribution in [0, 0.1) is 0 Å². The summed E-state index contributed by atoms with van der Waals surface area (Å²) >= 11 is 0. The number of carbonyl (C=O) groups is 1. The minimum atomic E-state index is -3.75. The summed E-state index contributed by atoms with van der Waals surface area (Å²) in [5, 5.41) is 8.22. The molecule has 0 bridgehead atoms. The molecule has 0 radical (unpaired) electrons. The Bertz CT molecular complexity index is 1300. The Morgan fingerprint density at radius 1 is 0.833 bits per heavy atom. The molecular weight excluding hydrogens is 398 g/mol. The number of hydrogen-bond acceptors (Lipinski definition) is 4. The Morgan fingerprint density at radius 3 is 2.03 bits per heavy atom. The maximum atomic E-state index is 12.2. The van der Waals surface area contributed by atoms with Crippen molar-refractivity contribution in [1.82, 2.24) is 10.1 Å². The predicted octanol–water partition coefficient (Wildman–Crippen LogP) is 3.42. The average molecular weight is 417 g/mol. The lowest BCUT2D eigenvalue weighted by atomic mass is 9.97. The molecule has 0 aliphatic carbocycles. The van der Waals surface area contributed by atoms with Crippen LogP contribution in [0.5, 0.6) is 0 Å². The quantitative estimate of drug-likeness (QED) is 0.286. The number of hydrazone groups is 1. The zero-order valence-electron chi connectivity index (χ0n) is 15.9. The van der Waals surface area contributed by atoms with Gasteiger partial charge in [-0.2, -0.15) is 5.10 Å². The van der Waals surface area contributed by atoms with Crippen LogP contribution in [0.3, 0.4) is 0 Å². The van der Waals surface area contributed by atoms with Crippen LogP contribution in [-0.2, 0) is 14.8 Å². The van der Waals surface area contributed by atoms with Gasteiger partial charge in [0, 0.05) is 5.56 Å². The van der Waals surface area contributed by atoms with Crippen LogP contribution in [0.15, 0.2) is 94.9 Å². The fraction of sp³-hybridized carbons (Fsp3) is 0.0435. The van der Waals surface area contributed by atoms with Crippen molar-refractivity contribution in [3.05, 3.63) is 90.5 Å². The standard InChI is InChI=1S/C23H19N3O3S/c27-23(16-25-30(28,29)19-10-2-1-3-11-19)26-24-15-22-20-12-6-4-8-17(20)14-18-9-5-7-13-21(18)22/h1-15,25H,16H2,(H,26,27)/b24-15-. The second-order valence-corrected chi connectivity index (χ2v) is 8.43. The number of rotatable bonds is 6. The summed E-state index contributed by atoms with van der Waals surface area (Å²) < 4.78 is 26.7. The third-order valence-corrected chi connectivity index (χ3v) is 6.09. The number of hydrogen-bond donors (Lipinski definition) is 2. The Hall–Kier alpha value is -3.55. The molecule has 0 aromatic heterocycles. The highest BCUT2D eigenvalue weighted by Crippen LogP contribution is 2.27. The number of benzene rings is 4. The van der Waals surface area contributed by atoms with Gasteiger partial charge in [-0.15, -0.1) is 0 Å². The molecule has 7 heteroatoms. The molecule has 6 nitrogen and oxygen atoms in total. The molecular formula is C23H19N3O3S. The van der Waals surface area contributed by atoms with Crippen LogP contribution in [0.25, 0.3) is 21.5 Å². The molecule has 0 unspecified atom stereocenters. The van der Waals surface area contributed by atoms with Gasteiger partial charge in [0.25, 0.3) is 5.91 Å². The highest BCUT2D eigenvalue weighted by atomic mass is 32.2. The molecule has 0 fully saturated rings. The molecule has 0 heterocycles. The number of amides is 1. The first-order chi connectivity index (χ1) is 14.5. The molecule has 150 valence electrons. The number of carbonyl (C=O) groups excluding carboxylic acids is 1. The first-order valence-electron chi connectivity index (χ1n) is 9.32. The van der Waals surface area contributed by atoms with E-state index >= 15 is 0 Å². The van der Waals surface area contributed by atoms with Gasteiger partial charge in [0.1, 0.15) is 0 Å². The van der Waals surface area contributed by atoms with Gasteiger partial charge in [-0.1, -0.05) is 66.7 Å². The Labute approximate surface area is 174 Å². The molecule has 0 spiro atoms. The SMILES string of the molecule is O=C(CNS(=O)(=O)c1ccccc1)N/N=C\c1c2ccccc2cc2ccccc12. The summed E-state index contributed by atoms with van der Waals surface area (Å²) in [5.74, 6) is -0.560. The Balaban J connectivity index is 1.50. The van der Waals surface area contributed by atoms with Gasteiger partial charge >= 0.3 is 0 Å². The molecule has 4 aromatic rings. The van der Waals surface area contributed by atoms with Gasteiger partial charge in [0.2, 0.25) is 10.0 Å². The lowest BCUT2D eigenvalue weighted by Crippen LogP contribution is -2.34. The van der Waals surface area contributed by atoms with E-state index in [0.717, 1.165) is 27.1 Å². The highest BCUT2D eigenvalue weighted by molar-refractivity contribution is 7.89. The van der Waals surface area contributed by atoms with Crippen molar-refractivity contribution in [2.45, 2.75) is 4.90 Å². The summed E-state index contributed by atoms with van der Waals surface area (Å²) in [4.78, 5) is 12.2. The highest BCUT2D eigenvalue weighted by Gasteiger charge is 2.14. The van der Waals surface area contributed by atoms with Crippen molar-refractivity contribution in [2.24, 2.45) is 5.10 Å². The second-order valence-electron chi connectivity index (χ2n) is 6.66. The van der Waals surface area contributed by atoms with Gasteiger partial charge in [-0.3, -0.25) is 4.79 Å². The predicted molar refractivity (Wildman–Crippen MR) is 119 cm³/mol. The average Bonchev–Trinajstić information content (AvgIpc) is 2.78. The van der Waals surface area contributed by atoms with Crippen molar-refractivity contribution < 1.29 is 13.2 Å². The first kappa shape index (κ1) is 19.8. The van der Waals surface area contributed by atoms with E-state index < -0.39 is 22.5 Å². The van der Waals surface area contributed by atoms with Crippen molar-refractivity contribution in [2.75, 3.05) is 6.54 Å². The van der Waals surface area contributed by atoms with Crippen LogP contribution in [0.1, 0.15) is 5.56 Å². The fourth-order valence-corrected chi connectivity index (χ4v) is 4.24. The van der Waals surface area contributed by atoms with Crippen LogP contribution < -0.4 is 10.1 Å². The normalized spacial score (nSPS) is 11.9. The molecule has 1 amide bonds. The van der Waals surface area contributed by atoms with E-state index in [-0.39, 0.29) is 4.90 Å². The Kier molecular flexibility index (Phi) is 5.56. The zero-order chi connectivity index (χ0) is 21.0. The smallest absolute Gasteiger partial charge is 0.255 e. The number of sulfonamides is 1. The summed E-state index contributed by atoms with van der Waals surface area (Å²) in [6.07, 6.45) is 1.59. The minimum Gasteiger partial charge on any atom is -0.272 e. The van der Waals surface area contributed by atoms with Gasteiger partial charge in [-0.05, 0) is 39.7 Å². The van der Waals surface area contributed by atoms with Crippen molar-refractivity contribution in [1.29, 1.82) is 0 Å². The summed E-state index contributed by atoms with van der Waals surface area (Å²) in [7, 11) is -3.75. The lowest BCUT2D eigenvalue weighted by molar-refractivity contribution is -0.119. The maximum absolute atomic E-state index is 12.2. The van der Waals surface area contributed by atoms with E-state index in [1.54, 1.807) is 24.4 Å². The minimum absolute atomic E-state index is 0.100. The van der Waals surface area contributed by atoms with Gasteiger partial charge in [0.15, 0.2) is 0 Å². The molecule has 0 aliphatic rings. The Morgan fingerprint density at radius 2 is 1.40 bits per heavy atom. The second kappa shape index (κ2) is 8.44.